The Bertz CT molecular complexity index is 649. The van der Waals surface area contributed by atoms with Crippen LogP contribution in [0.3, 0.4) is 0 Å². The van der Waals surface area contributed by atoms with Crippen LogP contribution in [0.4, 0.5) is 10.1 Å². The van der Waals surface area contributed by atoms with Crippen molar-refractivity contribution in [1.29, 1.82) is 0 Å². The van der Waals surface area contributed by atoms with Gasteiger partial charge in [-0.2, -0.15) is 0 Å². The highest BCUT2D eigenvalue weighted by Gasteiger charge is 2.13. The number of benzene rings is 1. The molecule has 0 aliphatic carbocycles. The van der Waals surface area contributed by atoms with Crippen molar-refractivity contribution in [3.63, 3.8) is 0 Å². The molecule has 1 heterocycles. The van der Waals surface area contributed by atoms with E-state index >= 15 is 0 Å². The highest BCUT2D eigenvalue weighted by Crippen LogP contribution is 2.19. The minimum Gasteiger partial charge on any atom is -0.320 e. The molecule has 3 nitrogen and oxygen atoms in total. The summed E-state index contributed by atoms with van der Waals surface area (Å²) < 4.78 is 14.2. The molecule has 0 atom stereocenters. The second-order valence-electron chi connectivity index (χ2n) is 3.91. The van der Waals surface area contributed by atoms with Gasteiger partial charge in [-0.05, 0) is 52.7 Å². The Morgan fingerprint density at radius 2 is 2.16 bits per heavy atom. The highest BCUT2D eigenvalue weighted by molar-refractivity contribution is 9.10. The number of aromatic nitrogens is 1. The van der Waals surface area contributed by atoms with Gasteiger partial charge in [0.1, 0.15) is 10.4 Å². The summed E-state index contributed by atoms with van der Waals surface area (Å²) in [6.07, 6.45) is 1.48. The maximum atomic E-state index is 13.5. The van der Waals surface area contributed by atoms with Gasteiger partial charge >= 0.3 is 0 Å². The van der Waals surface area contributed by atoms with E-state index in [0.717, 1.165) is 11.6 Å². The molecule has 0 radical (unpaired) electrons. The quantitative estimate of drug-likeness (QED) is 0.831. The fraction of sp³-hybridized carbons (Fsp3) is 0.0769. The van der Waals surface area contributed by atoms with Gasteiger partial charge < -0.3 is 5.32 Å². The molecular weight excluding hydrogens is 335 g/mol. The SMILES string of the molecule is Cc1cc(NC(=O)c2cc(Cl)ccc2F)cnc1Br. The summed E-state index contributed by atoms with van der Waals surface area (Å²) in [6.45, 7) is 1.84. The topological polar surface area (TPSA) is 42.0 Å². The van der Waals surface area contributed by atoms with Gasteiger partial charge in [-0.25, -0.2) is 9.37 Å². The Hall–Kier alpha value is -1.46. The molecule has 0 saturated heterocycles. The summed E-state index contributed by atoms with van der Waals surface area (Å²) >= 11 is 9.01. The zero-order chi connectivity index (χ0) is 14.0. The van der Waals surface area contributed by atoms with E-state index < -0.39 is 11.7 Å². The molecule has 2 aromatic rings. The molecule has 0 unspecified atom stereocenters. The van der Waals surface area contributed by atoms with Gasteiger partial charge in [-0.3, -0.25) is 4.79 Å². The van der Waals surface area contributed by atoms with Gasteiger partial charge in [-0.15, -0.1) is 0 Å². The van der Waals surface area contributed by atoms with Crippen LogP contribution in [0.15, 0.2) is 35.1 Å². The van der Waals surface area contributed by atoms with Crippen LogP contribution in [-0.4, -0.2) is 10.9 Å². The summed E-state index contributed by atoms with van der Waals surface area (Å²) in [5, 5.41) is 2.88. The van der Waals surface area contributed by atoms with E-state index in [1.165, 1.54) is 18.3 Å². The van der Waals surface area contributed by atoms with Crippen molar-refractivity contribution in [2.75, 3.05) is 5.32 Å². The van der Waals surface area contributed by atoms with Gasteiger partial charge in [0.25, 0.3) is 5.91 Å². The lowest BCUT2D eigenvalue weighted by Gasteiger charge is -2.07. The van der Waals surface area contributed by atoms with Gasteiger partial charge in [0.05, 0.1) is 17.4 Å². The van der Waals surface area contributed by atoms with Crippen molar-refractivity contribution < 1.29 is 9.18 Å². The number of hydrogen-bond donors (Lipinski definition) is 1. The van der Waals surface area contributed by atoms with Crippen LogP contribution < -0.4 is 5.32 Å². The van der Waals surface area contributed by atoms with Gasteiger partial charge in [-0.1, -0.05) is 11.6 Å². The highest BCUT2D eigenvalue weighted by atomic mass is 79.9. The number of nitrogens with one attached hydrogen (secondary N) is 1. The lowest BCUT2D eigenvalue weighted by molar-refractivity contribution is 0.102. The third kappa shape index (κ3) is 3.30. The molecule has 0 bridgehead atoms. The number of hydrogen-bond acceptors (Lipinski definition) is 2. The molecule has 0 spiro atoms. The fourth-order valence-corrected chi connectivity index (χ4v) is 1.89. The van der Waals surface area contributed by atoms with E-state index in [1.807, 2.05) is 6.92 Å². The Morgan fingerprint density at radius 3 is 2.84 bits per heavy atom. The molecule has 0 saturated carbocycles. The maximum absolute atomic E-state index is 13.5. The van der Waals surface area contributed by atoms with E-state index in [9.17, 15) is 9.18 Å². The molecular formula is C13H9BrClFN2O. The first-order chi connectivity index (χ1) is 8.97. The summed E-state index contributed by atoms with van der Waals surface area (Å²) in [5.74, 6) is -1.19. The van der Waals surface area contributed by atoms with Crippen molar-refractivity contribution >= 4 is 39.1 Å². The number of rotatable bonds is 2. The largest absolute Gasteiger partial charge is 0.320 e. The molecule has 6 heteroatoms. The van der Waals surface area contributed by atoms with E-state index in [-0.39, 0.29) is 5.56 Å². The minimum absolute atomic E-state index is 0.104. The van der Waals surface area contributed by atoms with Crippen LogP contribution in [0.25, 0.3) is 0 Å². The monoisotopic (exact) mass is 342 g/mol. The zero-order valence-corrected chi connectivity index (χ0v) is 12.2. The van der Waals surface area contributed by atoms with E-state index in [0.29, 0.717) is 15.3 Å². The van der Waals surface area contributed by atoms with Crippen LogP contribution >= 0.6 is 27.5 Å². The minimum atomic E-state index is -0.622. The second-order valence-corrected chi connectivity index (χ2v) is 5.10. The first-order valence-electron chi connectivity index (χ1n) is 5.36. The summed E-state index contributed by atoms with van der Waals surface area (Å²) in [7, 11) is 0. The fourth-order valence-electron chi connectivity index (χ4n) is 1.50. The summed E-state index contributed by atoms with van der Waals surface area (Å²) in [4.78, 5) is 16.0. The van der Waals surface area contributed by atoms with Crippen molar-refractivity contribution in [2.45, 2.75) is 6.92 Å². The van der Waals surface area contributed by atoms with Crippen LogP contribution in [0.1, 0.15) is 15.9 Å². The number of pyridine rings is 1. The van der Waals surface area contributed by atoms with Gasteiger partial charge in [0.15, 0.2) is 0 Å². The van der Waals surface area contributed by atoms with E-state index in [4.69, 9.17) is 11.6 Å². The average molecular weight is 344 g/mol. The molecule has 1 aromatic carbocycles. The summed E-state index contributed by atoms with van der Waals surface area (Å²) in [6, 6.07) is 5.56. The van der Waals surface area contributed by atoms with Crippen molar-refractivity contribution in [1.82, 2.24) is 4.98 Å². The predicted molar refractivity (Wildman–Crippen MR) is 76.0 cm³/mol. The first-order valence-corrected chi connectivity index (χ1v) is 6.53. The van der Waals surface area contributed by atoms with Crippen molar-refractivity contribution in [3.05, 3.63) is 57.0 Å². The van der Waals surface area contributed by atoms with Crippen LogP contribution in [0.5, 0.6) is 0 Å². The van der Waals surface area contributed by atoms with Crippen LogP contribution in [0, 0.1) is 12.7 Å². The molecule has 1 aromatic heterocycles. The molecule has 0 aliphatic rings. The number of aryl methyl sites for hydroxylation is 1. The number of carbonyl (C=O) groups is 1. The standard InChI is InChI=1S/C13H9BrClFN2O/c1-7-4-9(6-17-12(7)14)18-13(19)10-5-8(15)2-3-11(10)16/h2-6H,1H3,(H,18,19). The Kier molecular flexibility index (Phi) is 4.17. The second kappa shape index (κ2) is 5.67. The molecule has 2 rings (SSSR count). The molecule has 19 heavy (non-hydrogen) atoms. The Balaban J connectivity index is 2.25. The molecule has 1 amide bonds. The number of nitrogens with zero attached hydrogens (tertiary/aromatic N) is 1. The van der Waals surface area contributed by atoms with Crippen molar-refractivity contribution in [3.8, 4) is 0 Å². The zero-order valence-electron chi connectivity index (χ0n) is 9.88. The van der Waals surface area contributed by atoms with Crippen molar-refractivity contribution in [2.24, 2.45) is 0 Å². The Labute approximate surface area is 122 Å². The molecule has 1 N–H and O–H groups in total. The summed E-state index contributed by atoms with van der Waals surface area (Å²) in [5.41, 5.74) is 1.25. The number of amides is 1. The van der Waals surface area contributed by atoms with Crippen LogP contribution in [0.2, 0.25) is 5.02 Å². The normalized spacial score (nSPS) is 10.3. The first kappa shape index (κ1) is 14.0. The number of carbonyl (C=O) groups excluding carboxylic acids is 1. The van der Waals surface area contributed by atoms with Gasteiger partial charge in [0.2, 0.25) is 0 Å². The third-order valence-electron chi connectivity index (χ3n) is 2.45. The van der Waals surface area contributed by atoms with Crippen LogP contribution in [-0.2, 0) is 0 Å². The molecule has 0 aliphatic heterocycles. The maximum Gasteiger partial charge on any atom is 0.258 e. The number of anilines is 1. The Morgan fingerprint density at radius 1 is 1.42 bits per heavy atom. The van der Waals surface area contributed by atoms with E-state index in [2.05, 4.69) is 26.2 Å². The number of halogens is 3. The lowest BCUT2D eigenvalue weighted by Crippen LogP contribution is -2.14. The smallest absolute Gasteiger partial charge is 0.258 e. The predicted octanol–water partition coefficient (Wildman–Crippen LogP) is 4.20. The third-order valence-corrected chi connectivity index (χ3v) is 3.51. The average Bonchev–Trinajstić information content (AvgIpc) is 2.36. The van der Waals surface area contributed by atoms with E-state index in [1.54, 1.807) is 6.07 Å². The lowest BCUT2D eigenvalue weighted by atomic mass is 10.2. The molecule has 98 valence electrons. The molecule has 0 fully saturated rings. The van der Waals surface area contributed by atoms with Gasteiger partial charge in [0, 0.05) is 5.02 Å².